The minimum Gasteiger partial charge on any atom is -0.311 e. The van der Waals surface area contributed by atoms with E-state index in [1.807, 2.05) is 6.20 Å². The molecule has 0 spiro atoms. The van der Waals surface area contributed by atoms with Crippen LogP contribution < -0.4 is 5.32 Å². The molecule has 2 N–H and O–H groups in total. The fourth-order valence-corrected chi connectivity index (χ4v) is 3.62. The van der Waals surface area contributed by atoms with Gasteiger partial charge in [-0.25, -0.2) is 0 Å². The van der Waals surface area contributed by atoms with Crippen LogP contribution in [0.15, 0.2) is 48.7 Å². The molecule has 1 unspecified atom stereocenters. The van der Waals surface area contributed by atoms with E-state index in [9.17, 15) is 0 Å². The first-order valence-electron chi connectivity index (χ1n) is 8.74. The lowest BCUT2D eigenvalue weighted by molar-refractivity contribution is 0.186. The number of hydrogen-bond donors (Lipinski definition) is 2. The molecule has 0 fully saturated rings. The van der Waals surface area contributed by atoms with E-state index in [1.165, 1.54) is 22.1 Å². The number of rotatable bonds is 5. The standard InChI is InChI=1S/C20H24N4/c1-15(24-10-9-16-5-2-3-6-18(16)14-24)11-21-12-17-7-4-8-20-19(17)13-22-23-20/h2-8,13,15,21H,9-12,14H2,1H3,(H,22,23). The minimum absolute atomic E-state index is 0.530. The summed E-state index contributed by atoms with van der Waals surface area (Å²) < 4.78 is 0. The fraction of sp³-hybridized carbons (Fsp3) is 0.350. The van der Waals surface area contributed by atoms with E-state index in [2.05, 4.69) is 69.8 Å². The van der Waals surface area contributed by atoms with E-state index in [0.29, 0.717) is 6.04 Å². The Labute approximate surface area is 142 Å². The number of fused-ring (bicyclic) bond motifs is 2. The van der Waals surface area contributed by atoms with Crippen molar-refractivity contribution in [2.24, 2.45) is 0 Å². The second-order valence-corrected chi connectivity index (χ2v) is 6.72. The molecule has 4 nitrogen and oxygen atoms in total. The van der Waals surface area contributed by atoms with Crippen molar-refractivity contribution < 1.29 is 0 Å². The van der Waals surface area contributed by atoms with Crippen LogP contribution in [-0.4, -0.2) is 34.2 Å². The molecule has 2 aromatic carbocycles. The van der Waals surface area contributed by atoms with Crippen LogP contribution in [0.2, 0.25) is 0 Å². The van der Waals surface area contributed by atoms with Gasteiger partial charge in [0, 0.05) is 37.6 Å². The molecule has 3 aromatic rings. The number of H-pyrrole nitrogens is 1. The summed E-state index contributed by atoms with van der Waals surface area (Å²) in [4.78, 5) is 2.58. The molecule has 1 aliphatic heterocycles. The molecule has 0 bridgehead atoms. The highest BCUT2D eigenvalue weighted by atomic mass is 15.2. The van der Waals surface area contributed by atoms with Crippen LogP contribution >= 0.6 is 0 Å². The third-order valence-corrected chi connectivity index (χ3v) is 5.11. The highest BCUT2D eigenvalue weighted by molar-refractivity contribution is 5.81. The lowest BCUT2D eigenvalue weighted by Gasteiger charge is -2.34. The maximum Gasteiger partial charge on any atom is 0.0653 e. The highest BCUT2D eigenvalue weighted by Crippen LogP contribution is 2.20. The van der Waals surface area contributed by atoms with Gasteiger partial charge in [-0.2, -0.15) is 5.10 Å². The predicted molar refractivity (Wildman–Crippen MR) is 97.8 cm³/mol. The monoisotopic (exact) mass is 320 g/mol. The quantitative estimate of drug-likeness (QED) is 0.759. The SMILES string of the molecule is CC(CNCc1cccc2[nH]ncc12)N1CCc2ccccc2C1. The third-order valence-electron chi connectivity index (χ3n) is 5.11. The largest absolute Gasteiger partial charge is 0.311 e. The molecular weight excluding hydrogens is 296 g/mol. The van der Waals surface area contributed by atoms with E-state index in [-0.39, 0.29) is 0 Å². The molecule has 0 saturated carbocycles. The van der Waals surface area contributed by atoms with Gasteiger partial charge < -0.3 is 5.32 Å². The van der Waals surface area contributed by atoms with Crippen molar-refractivity contribution >= 4 is 10.9 Å². The van der Waals surface area contributed by atoms with Gasteiger partial charge in [-0.1, -0.05) is 36.4 Å². The second kappa shape index (κ2) is 6.75. The van der Waals surface area contributed by atoms with Gasteiger partial charge in [0.1, 0.15) is 0 Å². The van der Waals surface area contributed by atoms with E-state index >= 15 is 0 Å². The first kappa shape index (κ1) is 15.4. The number of hydrogen-bond acceptors (Lipinski definition) is 3. The van der Waals surface area contributed by atoms with Gasteiger partial charge in [-0.3, -0.25) is 10.00 Å². The summed E-state index contributed by atoms with van der Waals surface area (Å²) >= 11 is 0. The summed E-state index contributed by atoms with van der Waals surface area (Å²) in [6, 6.07) is 15.7. The van der Waals surface area contributed by atoms with E-state index in [0.717, 1.165) is 38.1 Å². The molecule has 1 aromatic heterocycles. The van der Waals surface area contributed by atoms with Crippen LogP contribution in [0.25, 0.3) is 10.9 Å². The van der Waals surface area contributed by atoms with Crippen molar-refractivity contribution in [3.05, 3.63) is 65.4 Å². The van der Waals surface area contributed by atoms with Crippen LogP contribution in [0.4, 0.5) is 0 Å². The Morgan fingerprint density at radius 2 is 2.04 bits per heavy atom. The molecule has 1 aliphatic rings. The molecular formula is C20H24N4. The van der Waals surface area contributed by atoms with Gasteiger partial charge in [0.15, 0.2) is 0 Å². The van der Waals surface area contributed by atoms with Crippen LogP contribution in [0.3, 0.4) is 0 Å². The van der Waals surface area contributed by atoms with Crippen molar-refractivity contribution in [3.8, 4) is 0 Å². The summed E-state index contributed by atoms with van der Waals surface area (Å²) in [5, 5.41) is 12.0. The van der Waals surface area contributed by atoms with E-state index < -0.39 is 0 Å². The highest BCUT2D eigenvalue weighted by Gasteiger charge is 2.19. The topological polar surface area (TPSA) is 44.0 Å². The van der Waals surface area contributed by atoms with E-state index in [1.54, 1.807) is 0 Å². The van der Waals surface area contributed by atoms with Gasteiger partial charge in [0.2, 0.25) is 0 Å². The number of benzene rings is 2. The number of aromatic nitrogens is 2. The Bertz CT molecular complexity index is 823. The second-order valence-electron chi connectivity index (χ2n) is 6.72. The van der Waals surface area contributed by atoms with Crippen LogP contribution in [0, 0.1) is 0 Å². The van der Waals surface area contributed by atoms with Crippen molar-refractivity contribution in [2.75, 3.05) is 13.1 Å². The van der Waals surface area contributed by atoms with Crippen molar-refractivity contribution in [2.45, 2.75) is 32.5 Å². The average molecular weight is 320 g/mol. The Morgan fingerprint density at radius 3 is 2.96 bits per heavy atom. The first-order valence-corrected chi connectivity index (χ1v) is 8.74. The first-order chi connectivity index (χ1) is 11.8. The predicted octanol–water partition coefficient (Wildman–Crippen LogP) is 3.10. The molecule has 2 heterocycles. The molecule has 1 atom stereocenters. The summed E-state index contributed by atoms with van der Waals surface area (Å²) in [5.74, 6) is 0. The minimum atomic E-state index is 0.530. The van der Waals surface area contributed by atoms with Crippen LogP contribution in [0.1, 0.15) is 23.6 Å². The summed E-state index contributed by atoms with van der Waals surface area (Å²) in [6.45, 7) is 6.41. The Balaban J connectivity index is 1.34. The Hall–Kier alpha value is -2.17. The van der Waals surface area contributed by atoms with Crippen LogP contribution in [-0.2, 0) is 19.5 Å². The Morgan fingerprint density at radius 1 is 1.17 bits per heavy atom. The fourth-order valence-electron chi connectivity index (χ4n) is 3.62. The molecule has 24 heavy (non-hydrogen) atoms. The molecule has 0 radical (unpaired) electrons. The summed E-state index contributed by atoms with van der Waals surface area (Å²) in [5.41, 5.74) is 5.41. The Kier molecular flexibility index (Phi) is 4.32. The van der Waals surface area contributed by atoms with Gasteiger partial charge in [0.25, 0.3) is 0 Å². The zero-order valence-corrected chi connectivity index (χ0v) is 14.1. The zero-order valence-electron chi connectivity index (χ0n) is 14.1. The average Bonchev–Trinajstić information content (AvgIpc) is 3.11. The molecule has 0 saturated heterocycles. The summed E-state index contributed by atoms with van der Waals surface area (Å²) in [7, 11) is 0. The molecule has 4 rings (SSSR count). The summed E-state index contributed by atoms with van der Waals surface area (Å²) in [6.07, 6.45) is 3.08. The van der Waals surface area contributed by atoms with Crippen molar-refractivity contribution in [1.29, 1.82) is 0 Å². The molecule has 0 aliphatic carbocycles. The number of aromatic amines is 1. The van der Waals surface area contributed by atoms with Gasteiger partial charge in [-0.05, 0) is 36.1 Å². The van der Waals surface area contributed by atoms with Crippen molar-refractivity contribution in [3.63, 3.8) is 0 Å². The lowest BCUT2D eigenvalue weighted by Crippen LogP contribution is -2.42. The smallest absolute Gasteiger partial charge is 0.0653 e. The lowest BCUT2D eigenvalue weighted by atomic mass is 9.99. The third kappa shape index (κ3) is 3.07. The molecule has 0 amide bonds. The zero-order chi connectivity index (χ0) is 16.4. The molecule has 4 heteroatoms. The maximum atomic E-state index is 4.14. The normalized spacial score (nSPS) is 16.2. The number of nitrogens with zero attached hydrogens (tertiary/aromatic N) is 2. The molecule has 124 valence electrons. The maximum absolute atomic E-state index is 4.14. The van der Waals surface area contributed by atoms with Gasteiger partial charge in [0.05, 0.1) is 11.7 Å². The number of nitrogens with one attached hydrogen (secondary N) is 2. The van der Waals surface area contributed by atoms with Crippen LogP contribution in [0.5, 0.6) is 0 Å². The van der Waals surface area contributed by atoms with Gasteiger partial charge in [-0.15, -0.1) is 0 Å². The van der Waals surface area contributed by atoms with Gasteiger partial charge >= 0.3 is 0 Å². The van der Waals surface area contributed by atoms with Crippen molar-refractivity contribution in [1.82, 2.24) is 20.4 Å². The van der Waals surface area contributed by atoms with E-state index in [4.69, 9.17) is 0 Å².